The highest BCUT2D eigenvalue weighted by Crippen LogP contribution is 2.25. The lowest BCUT2D eigenvalue weighted by atomic mass is 10.1. The van der Waals surface area contributed by atoms with Crippen LogP contribution in [0, 0.1) is 5.82 Å². The number of carbonyl (C=O) groups is 1. The number of carbonyl (C=O) groups excluding carboxylic acids is 1. The number of hydrogen-bond acceptors (Lipinski definition) is 5. The largest absolute Gasteiger partial charge is 0.465 e. The maximum Gasteiger partial charge on any atom is 0.345 e. The molecule has 0 bridgehead atoms. The van der Waals surface area contributed by atoms with Crippen LogP contribution in [-0.2, 0) is 9.47 Å². The van der Waals surface area contributed by atoms with Crippen molar-refractivity contribution in [3.63, 3.8) is 0 Å². The van der Waals surface area contributed by atoms with E-state index < -0.39 is 17.3 Å². The molecule has 0 aliphatic carbocycles. The number of aromatic amines is 1. The molecule has 2 N–H and O–H groups in total. The van der Waals surface area contributed by atoms with Crippen molar-refractivity contribution in [1.82, 2.24) is 4.98 Å². The van der Waals surface area contributed by atoms with Gasteiger partial charge in [0.05, 0.1) is 24.9 Å². The van der Waals surface area contributed by atoms with Crippen LogP contribution in [0.3, 0.4) is 0 Å². The molecule has 2 rings (SSSR count). The Labute approximate surface area is 119 Å². The number of H-pyrrole nitrogens is 1. The standard InChI is InChI=1S/C14H15FN2O4/c1-20-6-5-16-12-9-7-8(15)3-4-10(9)17-13(18)11(12)14(19)21-2/h3-4,7H,5-6H2,1-2H3,(H2,16,17,18). The fourth-order valence-electron chi connectivity index (χ4n) is 2.02. The van der Waals surface area contributed by atoms with Crippen molar-refractivity contribution >= 4 is 22.6 Å². The fraction of sp³-hybridized carbons (Fsp3) is 0.286. The van der Waals surface area contributed by atoms with Gasteiger partial charge in [-0.25, -0.2) is 9.18 Å². The second kappa shape index (κ2) is 6.36. The molecule has 1 aromatic carbocycles. The zero-order valence-electron chi connectivity index (χ0n) is 11.7. The Kier molecular flexibility index (Phi) is 4.54. The van der Waals surface area contributed by atoms with E-state index in [0.717, 1.165) is 0 Å². The number of pyridine rings is 1. The summed E-state index contributed by atoms with van der Waals surface area (Å²) in [4.78, 5) is 26.4. The number of anilines is 1. The van der Waals surface area contributed by atoms with Crippen LogP contribution in [0.5, 0.6) is 0 Å². The van der Waals surface area contributed by atoms with Crippen molar-refractivity contribution in [2.45, 2.75) is 0 Å². The van der Waals surface area contributed by atoms with E-state index in [1.807, 2.05) is 0 Å². The molecular formula is C14H15FN2O4. The number of ether oxygens (including phenoxy) is 2. The average Bonchev–Trinajstić information content (AvgIpc) is 2.47. The molecule has 0 saturated carbocycles. The first kappa shape index (κ1) is 15.0. The number of rotatable bonds is 5. The summed E-state index contributed by atoms with van der Waals surface area (Å²) in [7, 11) is 2.70. The van der Waals surface area contributed by atoms with Gasteiger partial charge in [0, 0.05) is 19.0 Å². The third-order valence-electron chi connectivity index (χ3n) is 2.97. The number of fused-ring (bicyclic) bond motifs is 1. The molecule has 2 aromatic rings. The van der Waals surface area contributed by atoms with E-state index in [1.54, 1.807) is 0 Å². The Balaban J connectivity index is 2.67. The maximum absolute atomic E-state index is 13.5. The summed E-state index contributed by atoms with van der Waals surface area (Å²) in [5.41, 5.74) is -0.126. The van der Waals surface area contributed by atoms with Gasteiger partial charge in [-0.15, -0.1) is 0 Å². The minimum atomic E-state index is -0.790. The second-order valence-corrected chi connectivity index (χ2v) is 4.31. The summed E-state index contributed by atoms with van der Waals surface area (Å²) < 4.78 is 23.0. The molecule has 0 aliphatic rings. The molecule has 0 amide bonds. The summed E-state index contributed by atoms with van der Waals surface area (Å²) in [6.45, 7) is 0.722. The van der Waals surface area contributed by atoms with Crippen molar-refractivity contribution < 1.29 is 18.7 Å². The molecular weight excluding hydrogens is 279 g/mol. The molecule has 0 aliphatic heterocycles. The van der Waals surface area contributed by atoms with Gasteiger partial charge in [0.25, 0.3) is 5.56 Å². The lowest BCUT2D eigenvalue weighted by Crippen LogP contribution is -2.23. The van der Waals surface area contributed by atoms with E-state index in [4.69, 9.17) is 4.74 Å². The number of hydrogen-bond donors (Lipinski definition) is 2. The summed E-state index contributed by atoms with van der Waals surface area (Å²) in [5, 5.41) is 3.32. The van der Waals surface area contributed by atoms with E-state index in [1.165, 1.54) is 32.4 Å². The maximum atomic E-state index is 13.5. The molecule has 1 heterocycles. The Bertz CT molecular complexity index is 727. The van der Waals surface area contributed by atoms with Gasteiger partial charge in [-0.1, -0.05) is 0 Å². The smallest absolute Gasteiger partial charge is 0.345 e. The predicted octanol–water partition coefficient (Wildman–Crippen LogP) is 1.51. The van der Waals surface area contributed by atoms with Crippen molar-refractivity contribution in [3.05, 3.63) is 39.9 Å². The quantitative estimate of drug-likeness (QED) is 0.645. The Morgan fingerprint density at radius 1 is 1.38 bits per heavy atom. The van der Waals surface area contributed by atoms with Gasteiger partial charge in [0.2, 0.25) is 0 Å². The molecule has 21 heavy (non-hydrogen) atoms. The SMILES string of the molecule is COCCNc1c(C(=O)OC)c(=O)[nH]c2ccc(F)cc12. The molecule has 0 saturated heterocycles. The van der Waals surface area contributed by atoms with Crippen molar-refractivity contribution in [2.24, 2.45) is 0 Å². The number of nitrogens with one attached hydrogen (secondary N) is 2. The first-order valence-corrected chi connectivity index (χ1v) is 6.25. The van der Waals surface area contributed by atoms with Crippen LogP contribution in [0.15, 0.2) is 23.0 Å². The van der Waals surface area contributed by atoms with Crippen molar-refractivity contribution in [3.8, 4) is 0 Å². The summed E-state index contributed by atoms with van der Waals surface area (Å²) in [6, 6.07) is 3.91. The van der Waals surface area contributed by atoms with Crippen LogP contribution in [0.4, 0.5) is 10.1 Å². The van der Waals surface area contributed by atoms with E-state index in [0.29, 0.717) is 24.1 Å². The predicted molar refractivity (Wildman–Crippen MR) is 76.2 cm³/mol. The number of methoxy groups -OCH3 is 2. The van der Waals surface area contributed by atoms with Crippen LogP contribution in [0.2, 0.25) is 0 Å². The number of esters is 1. The number of aromatic nitrogens is 1. The molecule has 0 fully saturated rings. The van der Waals surface area contributed by atoms with Gasteiger partial charge in [-0.05, 0) is 18.2 Å². The van der Waals surface area contributed by atoms with Gasteiger partial charge in [0.1, 0.15) is 11.4 Å². The lowest BCUT2D eigenvalue weighted by Gasteiger charge is -2.13. The molecule has 0 radical (unpaired) electrons. The van der Waals surface area contributed by atoms with E-state index >= 15 is 0 Å². The zero-order chi connectivity index (χ0) is 15.4. The van der Waals surface area contributed by atoms with Gasteiger partial charge in [-0.3, -0.25) is 4.79 Å². The minimum Gasteiger partial charge on any atom is -0.465 e. The third-order valence-corrected chi connectivity index (χ3v) is 2.97. The molecule has 6 nitrogen and oxygen atoms in total. The Hall–Kier alpha value is -2.41. The highest BCUT2D eigenvalue weighted by molar-refractivity contribution is 6.04. The summed E-state index contributed by atoms with van der Waals surface area (Å²) in [5.74, 6) is -1.26. The van der Waals surface area contributed by atoms with Crippen LogP contribution in [0.25, 0.3) is 10.9 Å². The van der Waals surface area contributed by atoms with Gasteiger partial charge in [-0.2, -0.15) is 0 Å². The van der Waals surface area contributed by atoms with Crippen LogP contribution < -0.4 is 10.9 Å². The first-order chi connectivity index (χ1) is 10.1. The normalized spacial score (nSPS) is 10.6. The summed E-state index contributed by atoms with van der Waals surface area (Å²) in [6.07, 6.45) is 0. The van der Waals surface area contributed by atoms with E-state index in [-0.39, 0.29) is 11.3 Å². The lowest BCUT2D eigenvalue weighted by molar-refractivity contribution is 0.0600. The third kappa shape index (κ3) is 3.03. The fourth-order valence-corrected chi connectivity index (χ4v) is 2.02. The van der Waals surface area contributed by atoms with E-state index in [2.05, 4.69) is 15.0 Å². The van der Waals surface area contributed by atoms with Crippen molar-refractivity contribution in [1.29, 1.82) is 0 Å². The molecule has 1 aromatic heterocycles. The Morgan fingerprint density at radius 3 is 2.81 bits per heavy atom. The van der Waals surface area contributed by atoms with Gasteiger partial charge in [0.15, 0.2) is 0 Å². The molecule has 7 heteroatoms. The van der Waals surface area contributed by atoms with Crippen molar-refractivity contribution in [2.75, 3.05) is 32.7 Å². The Morgan fingerprint density at radius 2 is 2.14 bits per heavy atom. The number of benzene rings is 1. The second-order valence-electron chi connectivity index (χ2n) is 4.31. The average molecular weight is 294 g/mol. The number of halogens is 1. The molecule has 0 unspecified atom stereocenters. The molecule has 112 valence electrons. The van der Waals surface area contributed by atoms with Crippen LogP contribution >= 0.6 is 0 Å². The van der Waals surface area contributed by atoms with Crippen LogP contribution in [0.1, 0.15) is 10.4 Å². The first-order valence-electron chi connectivity index (χ1n) is 6.25. The van der Waals surface area contributed by atoms with Gasteiger partial charge < -0.3 is 19.8 Å². The zero-order valence-corrected chi connectivity index (χ0v) is 11.7. The minimum absolute atomic E-state index is 0.188. The van der Waals surface area contributed by atoms with E-state index in [9.17, 15) is 14.0 Å². The van der Waals surface area contributed by atoms with Gasteiger partial charge >= 0.3 is 5.97 Å². The summed E-state index contributed by atoms with van der Waals surface area (Å²) >= 11 is 0. The van der Waals surface area contributed by atoms with Crippen LogP contribution in [-0.4, -0.2) is 38.3 Å². The highest BCUT2D eigenvalue weighted by Gasteiger charge is 2.20. The molecule has 0 spiro atoms. The highest BCUT2D eigenvalue weighted by atomic mass is 19.1. The monoisotopic (exact) mass is 294 g/mol. The topological polar surface area (TPSA) is 80.4 Å². The molecule has 0 atom stereocenters.